The second-order valence-electron chi connectivity index (χ2n) is 5.87. The topological polar surface area (TPSA) is 126 Å². The van der Waals surface area contributed by atoms with E-state index >= 15 is 4.39 Å². The van der Waals surface area contributed by atoms with Gasteiger partial charge in [0.25, 0.3) is 11.4 Å². The molecule has 2 aliphatic heterocycles. The van der Waals surface area contributed by atoms with E-state index < -0.39 is 66.2 Å². The van der Waals surface area contributed by atoms with E-state index in [4.69, 9.17) is 20.3 Å². The number of carbonyl (C=O) groups is 2. The molecular weight excluding hydrogens is 343 g/mol. The minimum absolute atomic E-state index is 0.526. The molecule has 2 fully saturated rings. The number of esters is 1. The molecule has 11 heteroatoms. The number of aromatic nitrogens is 2. The fourth-order valence-electron chi connectivity index (χ4n) is 2.49. The number of aromatic amines is 1. The van der Waals surface area contributed by atoms with Crippen molar-refractivity contribution < 1.29 is 34.3 Å². The van der Waals surface area contributed by atoms with Crippen molar-refractivity contribution in [2.24, 2.45) is 5.92 Å². The number of alkyl halides is 1. The predicted octanol–water partition coefficient (Wildman–Crippen LogP) is -0.166. The molecule has 0 unspecified atom stereocenters. The van der Waals surface area contributed by atoms with Crippen LogP contribution in [0.4, 0.5) is 9.18 Å². The molecule has 2 saturated heterocycles. The van der Waals surface area contributed by atoms with Crippen LogP contribution in [0.2, 0.25) is 0 Å². The Morgan fingerprint density at radius 2 is 2.20 bits per heavy atom. The maximum atomic E-state index is 15.2. The van der Waals surface area contributed by atoms with Crippen LogP contribution in [0.5, 0.6) is 0 Å². The first-order valence-electron chi connectivity index (χ1n) is 7.85. The molecule has 0 bridgehead atoms. The molecule has 136 valence electrons. The van der Waals surface area contributed by atoms with Gasteiger partial charge in [-0.2, -0.15) is 0 Å². The molecule has 1 N–H and O–H groups in total. The molecule has 3 heterocycles. The van der Waals surface area contributed by atoms with Crippen LogP contribution in [-0.2, 0) is 23.7 Å². The van der Waals surface area contributed by atoms with E-state index in [1.54, 1.807) is 13.8 Å². The summed E-state index contributed by atoms with van der Waals surface area (Å²) < 4.78 is 43.0. The zero-order chi connectivity index (χ0) is 19.2. The molecule has 10 nitrogen and oxygen atoms in total. The van der Waals surface area contributed by atoms with Crippen LogP contribution >= 0.6 is 0 Å². The standard InChI is InChI=1S/C14H15FN2O8/c1-6(2)11(19)22-5-14(15)9-8(23-13(21)24-9)10(25-14)17-4-3-7(18)16-12(17)20/h3-4,6,8-10H,5H2,1-2H3,(H,16,18,20)/t8-,9+,10-,14-/m1/s1/i3D. The van der Waals surface area contributed by atoms with Gasteiger partial charge in [0.2, 0.25) is 6.10 Å². The van der Waals surface area contributed by atoms with E-state index in [1.807, 2.05) is 4.98 Å². The highest BCUT2D eigenvalue weighted by molar-refractivity contribution is 5.71. The van der Waals surface area contributed by atoms with Crippen LogP contribution in [0.15, 0.2) is 21.8 Å². The number of carbonyl (C=O) groups excluding carboxylic acids is 2. The number of nitrogens with zero attached hydrogens (tertiary/aromatic N) is 1. The van der Waals surface area contributed by atoms with E-state index in [2.05, 4.69) is 0 Å². The third kappa shape index (κ3) is 3.02. The summed E-state index contributed by atoms with van der Waals surface area (Å²) in [4.78, 5) is 48.1. The van der Waals surface area contributed by atoms with E-state index in [0.29, 0.717) is 4.57 Å². The van der Waals surface area contributed by atoms with Crippen LogP contribution in [0.25, 0.3) is 0 Å². The van der Waals surface area contributed by atoms with Crippen molar-refractivity contribution in [2.45, 2.75) is 38.1 Å². The first-order valence-corrected chi connectivity index (χ1v) is 7.35. The van der Waals surface area contributed by atoms with Crippen molar-refractivity contribution in [2.75, 3.05) is 6.61 Å². The van der Waals surface area contributed by atoms with Crippen LogP contribution in [0.3, 0.4) is 0 Å². The normalized spacial score (nSPS) is 31.3. The number of H-pyrrole nitrogens is 1. The zero-order valence-electron chi connectivity index (χ0n) is 14.2. The Hall–Kier alpha value is -2.69. The van der Waals surface area contributed by atoms with Gasteiger partial charge in [0.05, 0.1) is 7.29 Å². The minimum atomic E-state index is -2.77. The van der Waals surface area contributed by atoms with Gasteiger partial charge in [-0.15, -0.1) is 0 Å². The van der Waals surface area contributed by atoms with Gasteiger partial charge >= 0.3 is 17.8 Å². The summed E-state index contributed by atoms with van der Waals surface area (Å²) in [6, 6.07) is -0.586. The molecule has 3 rings (SSSR count). The third-order valence-electron chi connectivity index (χ3n) is 3.72. The second kappa shape index (κ2) is 5.99. The molecule has 0 radical (unpaired) electrons. The lowest BCUT2D eigenvalue weighted by atomic mass is 10.1. The summed E-state index contributed by atoms with van der Waals surface area (Å²) in [6.45, 7) is 2.19. The monoisotopic (exact) mass is 359 g/mol. The van der Waals surface area contributed by atoms with Gasteiger partial charge in [0.1, 0.15) is 0 Å². The van der Waals surface area contributed by atoms with Crippen LogP contribution in [0.1, 0.15) is 21.4 Å². The lowest BCUT2D eigenvalue weighted by molar-refractivity contribution is -0.220. The Bertz CT molecular complexity index is 867. The van der Waals surface area contributed by atoms with Gasteiger partial charge in [-0.3, -0.25) is 19.1 Å². The summed E-state index contributed by atoms with van der Waals surface area (Å²) in [5.74, 6) is -4.00. The molecule has 0 aliphatic carbocycles. The highest BCUT2D eigenvalue weighted by Gasteiger charge is 2.65. The van der Waals surface area contributed by atoms with Crippen LogP contribution < -0.4 is 11.2 Å². The Labute approximate surface area is 140 Å². The summed E-state index contributed by atoms with van der Waals surface area (Å²) in [6.07, 6.45) is -4.88. The average Bonchev–Trinajstić information content (AvgIpc) is 3.06. The van der Waals surface area contributed by atoms with E-state index in [-0.39, 0.29) is 0 Å². The molecule has 1 aromatic heterocycles. The van der Waals surface area contributed by atoms with Gasteiger partial charge in [-0.05, 0) is 0 Å². The number of halogens is 1. The Morgan fingerprint density at radius 3 is 2.88 bits per heavy atom. The quantitative estimate of drug-likeness (QED) is 0.735. The summed E-state index contributed by atoms with van der Waals surface area (Å²) in [5.41, 5.74) is -1.95. The molecule has 4 atom stereocenters. The highest BCUT2D eigenvalue weighted by Crippen LogP contribution is 2.44. The molecule has 1 aromatic rings. The smallest absolute Gasteiger partial charge is 0.459 e. The number of hydrogen-bond acceptors (Lipinski definition) is 8. The average molecular weight is 359 g/mol. The summed E-state index contributed by atoms with van der Waals surface area (Å²) in [5, 5.41) is 0. The minimum Gasteiger partial charge on any atom is -0.459 e. The fraction of sp³-hybridized carbons (Fsp3) is 0.571. The lowest BCUT2D eigenvalue weighted by Gasteiger charge is -2.23. The Balaban J connectivity index is 1.93. The fourth-order valence-corrected chi connectivity index (χ4v) is 2.49. The molecule has 0 aromatic carbocycles. The maximum absolute atomic E-state index is 15.2. The zero-order valence-corrected chi connectivity index (χ0v) is 13.2. The number of nitrogens with one attached hydrogen (secondary N) is 1. The first kappa shape index (κ1) is 15.8. The number of fused-ring (bicyclic) bond motifs is 1. The van der Waals surface area contributed by atoms with Crippen molar-refractivity contribution in [1.29, 1.82) is 0 Å². The van der Waals surface area contributed by atoms with E-state index in [0.717, 1.165) is 6.20 Å². The summed E-state index contributed by atoms with van der Waals surface area (Å²) in [7, 11) is 0. The molecule has 25 heavy (non-hydrogen) atoms. The maximum Gasteiger partial charge on any atom is 0.509 e. The van der Waals surface area contributed by atoms with E-state index in [1.165, 1.54) is 0 Å². The van der Waals surface area contributed by atoms with Gasteiger partial charge in [-0.25, -0.2) is 14.0 Å². The molecular formula is C14H15FN2O8. The second-order valence-corrected chi connectivity index (χ2v) is 5.87. The highest BCUT2D eigenvalue weighted by atomic mass is 19.2. The molecule has 0 spiro atoms. The predicted molar refractivity (Wildman–Crippen MR) is 76.2 cm³/mol. The van der Waals surface area contributed by atoms with Gasteiger partial charge in [0, 0.05) is 12.2 Å². The lowest BCUT2D eigenvalue weighted by Crippen LogP contribution is -2.43. The van der Waals surface area contributed by atoms with E-state index in [9.17, 15) is 19.2 Å². The molecule has 0 saturated carbocycles. The van der Waals surface area contributed by atoms with Crippen molar-refractivity contribution >= 4 is 12.1 Å². The number of rotatable bonds is 4. The van der Waals surface area contributed by atoms with Crippen molar-refractivity contribution in [1.82, 2.24) is 9.55 Å². The van der Waals surface area contributed by atoms with Gasteiger partial charge in [0.15, 0.2) is 18.9 Å². The van der Waals surface area contributed by atoms with Gasteiger partial charge < -0.3 is 18.9 Å². The number of hydrogen-bond donors (Lipinski definition) is 1. The largest absolute Gasteiger partial charge is 0.509 e. The van der Waals surface area contributed by atoms with Crippen LogP contribution in [-0.4, -0.2) is 46.3 Å². The van der Waals surface area contributed by atoms with Gasteiger partial charge in [-0.1, -0.05) is 13.8 Å². The van der Waals surface area contributed by atoms with Crippen molar-refractivity contribution in [3.63, 3.8) is 0 Å². The number of ether oxygens (including phenoxy) is 4. The first-order chi connectivity index (χ1) is 12.1. The van der Waals surface area contributed by atoms with Crippen molar-refractivity contribution in [3.05, 3.63) is 33.1 Å². The Kier molecular flexibility index (Phi) is 3.79. The van der Waals surface area contributed by atoms with Crippen LogP contribution in [0, 0.1) is 5.92 Å². The third-order valence-corrected chi connectivity index (χ3v) is 3.72. The Morgan fingerprint density at radius 1 is 1.48 bits per heavy atom. The van der Waals surface area contributed by atoms with Crippen molar-refractivity contribution in [3.8, 4) is 0 Å². The summed E-state index contributed by atoms with van der Waals surface area (Å²) >= 11 is 0. The molecule has 2 aliphatic rings. The molecule has 0 amide bonds. The SMILES string of the molecule is [2H]c1cn([C@@H]2O[C@](F)(COC(=O)C(C)C)[C@H]3OC(=O)O[C@@H]23)c(=O)[nH]c1=O.